The van der Waals surface area contributed by atoms with Crippen LogP contribution in [0.15, 0.2) is 109 Å². The van der Waals surface area contributed by atoms with Crippen LogP contribution in [-0.2, 0) is 46.2 Å². The molecule has 12 heteroatoms. The monoisotopic (exact) mass is 696 g/mol. The normalized spacial score (nSPS) is 18.9. The van der Waals surface area contributed by atoms with E-state index in [0.29, 0.717) is 25.2 Å². The first kappa shape index (κ1) is 34.9. The van der Waals surface area contributed by atoms with Gasteiger partial charge in [-0.15, -0.1) is 0 Å². The van der Waals surface area contributed by atoms with Crippen molar-refractivity contribution in [2.75, 3.05) is 14.2 Å². The van der Waals surface area contributed by atoms with Crippen LogP contribution in [0.25, 0.3) is 21.5 Å². The summed E-state index contributed by atoms with van der Waals surface area (Å²) in [5.41, 5.74) is -7.69. The van der Waals surface area contributed by atoms with Crippen LogP contribution >= 0.6 is 0 Å². The number of carbonyl (C=O) groups is 2. The number of rotatable bonds is 8. The minimum absolute atomic E-state index is 0.134. The highest BCUT2D eigenvalue weighted by Crippen LogP contribution is 2.48. The Bertz CT molecular complexity index is 2030. The topological polar surface area (TPSA) is 71.1 Å². The van der Waals surface area contributed by atoms with Gasteiger partial charge >= 0.3 is 24.3 Å². The molecule has 260 valence electrons. The van der Waals surface area contributed by atoms with E-state index in [4.69, 9.17) is 18.9 Å². The fourth-order valence-electron chi connectivity index (χ4n) is 6.70. The molecule has 0 aliphatic heterocycles. The summed E-state index contributed by atoms with van der Waals surface area (Å²) in [5.74, 6) is -3.77. The van der Waals surface area contributed by atoms with Gasteiger partial charge in [-0.1, -0.05) is 103 Å². The summed E-state index contributed by atoms with van der Waals surface area (Å²) in [6.07, 6.45) is -14.2. The molecule has 0 fully saturated rings. The van der Waals surface area contributed by atoms with E-state index in [-0.39, 0.29) is 18.4 Å². The Morgan fingerprint density at radius 2 is 1.10 bits per heavy atom. The lowest BCUT2D eigenvalue weighted by atomic mass is 9.84. The van der Waals surface area contributed by atoms with Crippen molar-refractivity contribution in [1.29, 1.82) is 0 Å². The van der Waals surface area contributed by atoms with Crippen molar-refractivity contribution in [3.8, 4) is 0 Å². The van der Waals surface area contributed by atoms with Crippen LogP contribution in [0, 0.1) is 0 Å². The second-order valence-corrected chi connectivity index (χ2v) is 11.9. The Balaban J connectivity index is 1.51. The van der Waals surface area contributed by atoms with Crippen molar-refractivity contribution in [2.45, 2.75) is 48.6 Å². The first-order chi connectivity index (χ1) is 23.8. The molecule has 0 bridgehead atoms. The lowest BCUT2D eigenvalue weighted by molar-refractivity contribution is -0.286. The zero-order chi connectivity index (χ0) is 35.9. The summed E-state index contributed by atoms with van der Waals surface area (Å²) in [4.78, 5) is 27.7. The Morgan fingerprint density at radius 3 is 1.64 bits per heavy atom. The molecular formula is C38H30F6O6. The van der Waals surface area contributed by atoms with Crippen LogP contribution in [0.4, 0.5) is 26.3 Å². The highest BCUT2D eigenvalue weighted by Gasteiger charge is 2.66. The molecule has 0 amide bonds. The molecule has 6 rings (SSSR count). The van der Waals surface area contributed by atoms with Crippen LogP contribution in [0.2, 0.25) is 0 Å². The Hall–Kier alpha value is -4.94. The summed E-state index contributed by atoms with van der Waals surface area (Å²) < 4.78 is 110. The highest BCUT2D eigenvalue weighted by molar-refractivity contribution is 6.08. The quantitative estimate of drug-likeness (QED) is 0.0920. The van der Waals surface area contributed by atoms with E-state index in [1.807, 2.05) is 30.3 Å². The molecular weight excluding hydrogens is 666 g/mol. The number of methoxy groups -OCH3 is 2. The fourth-order valence-corrected chi connectivity index (χ4v) is 6.70. The number of alkyl halides is 6. The summed E-state index contributed by atoms with van der Waals surface area (Å²) in [7, 11) is 1.40. The van der Waals surface area contributed by atoms with Crippen LogP contribution in [-0.4, -0.2) is 44.6 Å². The van der Waals surface area contributed by atoms with Crippen molar-refractivity contribution in [1.82, 2.24) is 0 Å². The molecule has 0 unspecified atom stereocenters. The molecule has 5 aromatic carbocycles. The smallest absolute Gasteiger partial charge is 0.432 e. The van der Waals surface area contributed by atoms with E-state index >= 15 is 0 Å². The molecule has 4 atom stereocenters. The lowest BCUT2D eigenvalue weighted by Crippen LogP contribution is -2.54. The molecule has 0 saturated heterocycles. The molecule has 0 radical (unpaired) electrons. The number of ether oxygens (including phenoxy) is 4. The van der Waals surface area contributed by atoms with Gasteiger partial charge in [-0.2, -0.15) is 26.3 Å². The molecule has 0 heterocycles. The van der Waals surface area contributed by atoms with E-state index in [9.17, 15) is 35.9 Å². The summed E-state index contributed by atoms with van der Waals surface area (Å²) in [6.45, 7) is 0. The van der Waals surface area contributed by atoms with Gasteiger partial charge in [0.15, 0.2) is 6.10 Å². The first-order valence-corrected chi connectivity index (χ1v) is 15.5. The summed E-state index contributed by atoms with van der Waals surface area (Å²) in [5, 5.41) is 3.01. The van der Waals surface area contributed by atoms with E-state index < -0.39 is 58.8 Å². The Kier molecular flexibility index (Phi) is 9.12. The largest absolute Gasteiger partial charge is 0.455 e. The first-order valence-electron chi connectivity index (χ1n) is 15.5. The molecule has 0 spiro atoms. The highest BCUT2D eigenvalue weighted by atomic mass is 19.4. The van der Waals surface area contributed by atoms with Gasteiger partial charge in [0, 0.05) is 30.9 Å². The summed E-state index contributed by atoms with van der Waals surface area (Å²) >= 11 is 0. The predicted molar refractivity (Wildman–Crippen MR) is 171 cm³/mol. The second-order valence-electron chi connectivity index (χ2n) is 11.9. The number of esters is 2. The van der Waals surface area contributed by atoms with Crippen molar-refractivity contribution in [2.24, 2.45) is 0 Å². The zero-order valence-electron chi connectivity index (χ0n) is 26.7. The number of fused-ring (bicyclic) bond motifs is 4. The third kappa shape index (κ3) is 5.66. The number of hydrogen-bond donors (Lipinski definition) is 0. The second kappa shape index (κ2) is 13.1. The van der Waals surface area contributed by atoms with E-state index in [1.165, 1.54) is 36.4 Å². The average Bonchev–Trinajstić information content (AvgIpc) is 3.09. The van der Waals surface area contributed by atoms with Gasteiger partial charge in [-0.25, -0.2) is 9.59 Å². The number of aryl methyl sites for hydroxylation is 1. The SMILES string of the molecule is CO[C@](C(=O)O[C@@H]1CCc2cc3ccc4ccccc4c3cc2[C@@H]1OC(=O)[C@@](OC)(c1ccccc1)C(F)(F)F)(c1ccccc1)C(F)(F)F. The van der Waals surface area contributed by atoms with Gasteiger partial charge < -0.3 is 18.9 Å². The van der Waals surface area contributed by atoms with Gasteiger partial charge in [-0.05, 0) is 46.0 Å². The maximum absolute atomic E-state index is 14.9. The standard InChI is InChI=1S/C38H30F6O6/c1-47-35(37(39,40)41,26-12-5-3-6-13-26)33(45)49-31-20-19-25-21-24-18-17-23-11-9-10-16-28(23)29(24)22-30(25)32(31)50-34(46)36(48-2,38(42,43)44)27-14-7-4-8-15-27/h3-18,21-22,31-32H,19-20H2,1-2H3/t31-,32+,35+,36+/m1/s1. The van der Waals surface area contributed by atoms with E-state index in [2.05, 4.69) is 0 Å². The average molecular weight is 697 g/mol. The Morgan fingerprint density at radius 1 is 0.600 bits per heavy atom. The maximum Gasteiger partial charge on any atom is 0.432 e. The predicted octanol–water partition coefficient (Wildman–Crippen LogP) is 8.64. The minimum atomic E-state index is -5.35. The van der Waals surface area contributed by atoms with Crippen molar-refractivity contribution < 1.29 is 54.9 Å². The van der Waals surface area contributed by atoms with Crippen LogP contribution in [0.1, 0.15) is 34.8 Å². The molecule has 6 nitrogen and oxygen atoms in total. The fraction of sp³-hybridized carbons (Fsp3) is 0.263. The zero-order valence-corrected chi connectivity index (χ0v) is 26.7. The number of halogens is 6. The molecule has 0 aromatic heterocycles. The molecule has 1 aliphatic rings. The number of carbonyl (C=O) groups excluding carboxylic acids is 2. The Labute approximate surface area is 282 Å². The summed E-state index contributed by atoms with van der Waals surface area (Å²) in [6, 6.07) is 26.6. The number of benzene rings is 5. The van der Waals surface area contributed by atoms with Crippen molar-refractivity contribution in [3.05, 3.63) is 131 Å². The minimum Gasteiger partial charge on any atom is -0.455 e. The van der Waals surface area contributed by atoms with Crippen LogP contribution < -0.4 is 0 Å². The van der Waals surface area contributed by atoms with E-state index in [1.54, 1.807) is 18.2 Å². The van der Waals surface area contributed by atoms with Gasteiger partial charge in [0.2, 0.25) is 0 Å². The molecule has 0 N–H and O–H groups in total. The maximum atomic E-state index is 14.9. The van der Waals surface area contributed by atoms with Gasteiger partial charge in [0.25, 0.3) is 11.2 Å². The van der Waals surface area contributed by atoms with Gasteiger partial charge in [0.1, 0.15) is 6.10 Å². The van der Waals surface area contributed by atoms with Gasteiger partial charge in [-0.3, -0.25) is 0 Å². The third-order valence-corrected chi connectivity index (χ3v) is 9.19. The van der Waals surface area contributed by atoms with Gasteiger partial charge in [0.05, 0.1) is 0 Å². The van der Waals surface area contributed by atoms with Crippen molar-refractivity contribution >= 4 is 33.5 Å². The van der Waals surface area contributed by atoms with E-state index in [0.717, 1.165) is 40.4 Å². The third-order valence-electron chi connectivity index (χ3n) is 9.19. The molecule has 1 aliphatic carbocycles. The molecule has 5 aromatic rings. The van der Waals surface area contributed by atoms with Crippen LogP contribution in [0.5, 0.6) is 0 Å². The molecule has 0 saturated carbocycles. The van der Waals surface area contributed by atoms with Crippen LogP contribution in [0.3, 0.4) is 0 Å². The molecule has 50 heavy (non-hydrogen) atoms. The van der Waals surface area contributed by atoms with Crippen molar-refractivity contribution in [3.63, 3.8) is 0 Å². The number of hydrogen-bond acceptors (Lipinski definition) is 6. The lowest BCUT2D eigenvalue weighted by Gasteiger charge is -2.39.